The van der Waals surface area contributed by atoms with Gasteiger partial charge in [-0.3, -0.25) is 4.79 Å². The molecule has 0 radical (unpaired) electrons. The normalized spacial score (nSPS) is 11.3. The highest BCUT2D eigenvalue weighted by molar-refractivity contribution is 8.01. The molecular formula is C14H16N4O3S2. The van der Waals surface area contributed by atoms with Crippen molar-refractivity contribution in [2.24, 2.45) is 5.10 Å². The Labute approximate surface area is 141 Å². The molecule has 23 heavy (non-hydrogen) atoms. The van der Waals surface area contributed by atoms with Crippen LogP contribution in [0.5, 0.6) is 11.5 Å². The number of methoxy groups -OCH3 is 1. The molecule has 2 N–H and O–H groups in total. The van der Waals surface area contributed by atoms with Crippen molar-refractivity contribution in [1.29, 1.82) is 0 Å². The van der Waals surface area contributed by atoms with Gasteiger partial charge in [-0.15, -0.1) is 10.2 Å². The molecule has 0 unspecified atom stereocenters. The lowest BCUT2D eigenvalue weighted by Gasteiger charge is -2.06. The summed E-state index contributed by atoms with van der Waals surface area (Å²) >= 11 is 2.76. The van der Waals surface area contributed by atoms with Crippen LogP contribution in [0.2, 0.25) is 0 Å². The maximum absolute atomic E-state index is 11.8. The number of rotatable bonds is 6. The Bertz CT molecular complexity index is 731. The van der Waals surface area contributed by atoms with Crippen molar-refractivity contribution in [1.82, 2.24) is 15.6 Å². The van der Waals surface area contributed by atoms with E-state index in [2.05, 4.69) is 20.7 Å². The molecule has 0 atom stereocenters. The molecule has 1 aromatic carbocycles. The van der Waals surface area contributed by atoms with Crippen LogP contribution in [-0.2, 0) is 4.79 Å². The van der Waals surface area contributed by atoms with E-state index in [0.29, 0.717) is 11.5 Å². The van der Waals surface area contributed by atoms with Gasteiger partial charge in [-0.1, -0.05) is 23.1 Å². The number of amides is 1. The molecule has 0 saturated heterocycles. The van der Waals surface area contributed by atoms with Crippen LogP contribution in [0.4, 0.5) is 0 Å². The van der Waals surface area contributed by atoms with Crippen molar-refractivity contribution in [3.05, 3.63) is 28.8 Å². The number of nitrogens with one attached hydrogen (secondary N) is 1. The highest BCUT2D eigenvalue weighted by Crippen LogP contribution is 2.26. The SMILES string of the molecule is COc1cc(/C(C)=N\NC(=O)CSc2nnc(C)s2)ccc1O. The van der Waals surface area contributed by atoms with Gasteiger partial charge in [-0.2, -0.15) is 5.10 Å². The van der Waals surface area contributed by atoms with Crippen LogP contribution in [0.25, 0.3) is 0 Å². The molecule has 1 amide bonds. The number of carbonyl (C=O) groups excluding carboxylic acids is 1. The second-order valence-electron chi connectivity index (χ2n) is 4.49. The van der Waals surface area contributed by atoms with Crippen LogP contribution >= 0.6 is 23.1 Å². The first-order chi connectivity index (χ1) is 11.0. The standard InChI is InChI=1S/C14H16N4O3S2/c1-8(10-4-5-11(19)12(6-10)21-3)15-17-13(20)7-22-14-18-16-9(2)23-14/h4-6,19H,7H2,1-3H3,(H,17,20)/b15-8-. The Morgan fingerprint density at radius 1 is 1.48 bits per heavy atom. The number of aromatic hydroxyl groups is 1. The molecular weight excluding hydrogens is 336 g/mol. The summed E-state index contributed by atoms with van der Waals surface area (Å²) in [6.45, 7) is 3.62. The molecule has 9 heteroatoms. The van der Waals surface area contributed by atoms with Crippen LogP contribution in [0.3, 0.4) is 0 Å². The Kier molecular flexibility index (Phi) is 5.94. The number of hydrogen-bond acceptors (Lipinski definition) is 8. The van der Waals surface area contributed by atoms with Gasteiger partial charge in [0, 0.05) is 5.56 Å². The quantitative estimate of drug-likeness (QED) is 0.470. The number of aryl methyl sites for hydroxylation is 1. The van der Waals surface area contributed by atoms with Crippen LogP contribution in [0, 0.1) is 6.92 Å². The van der Waals surface area contributed by atoms with E-state index in [9.17, 15) is 9.90 Å². The summed E-state index contributed by atoms with van der Waals surface area (Å²) < 4.78 is 5.80. The first kappa shape index (κ1) is 17.2. The lowest BCUT2D eigenvalue weighted by atomic mass is 10.1. The minimum atomic E-state index is -0.229. The summed E-state index contributed by atoms with van der Waals surface area (Å²) in [4.78, 5) is 11.8. The van der Waals surface area contributed by atoms with Gasteiger partial charge in [-0.25, -0.2) is 5.43 Å². The Morgan fingerprint density at radius 3 is 2.91 bits per heavy atom. The average molecular weight is 352 g/mol. The predicted octanol–water partition coefficient (Wildman–Crippen LogP) is 2.19. The fourth-order valence-corrected chi connectivity index (χ4v) is 3.22. The molecule has 1 heterocycles. The van der Waals surface area contributed by atoms with Crippen molar-refractivity contribution in [3.63, 3.8) is 0 Å². The van der Waals surface area contributed by atoms with Gasteiger partial charge in [0.2, 0.25) is 0 Å². The van der Waals surface area contributed by atoms with E-state index in [1.807, 2.05) is 6.92 Å². The molecule has 7 nitrogen and oxygen atoms in total. The van der Waals surface area contributed by atoms with Gasteiger partial charge >= 0.3 is 0 Å². The Morgan fingerprint density at radius 2 is 2.26 bits per heavy atom. The Balaban J connectivity index is 1.92. The lowest BCUT2D eigenvalue weighted by Crippen LogP contribution is -2.21. The van der Waals surface area contributed by atoms with E-state index in [1.165, 1.54) is 36.3 Å². The number of nitrogens with zero attached hydrogens (tertiary/aromatic N) is 3. The van der Waals surface area contributed by atoms with E-state index < -0.39 is 0 Å². The second-order valence-corrected chi connectivity index (χ2v) is 6.90. The van der Waals surface area contributed by atoms with E-state index >= 15 is 0 Å². The number of hydrogen-bond donors (Lipinski definition) is 2. The first-order valence-electron chi connectivity index (χ1n) is 6.63. The Hall–Kier alpha value is -2.13. The van der Waals surface area contributed by atoms with Crippen molar-refractivity contribution in [2.45, 2.75) is 18.2 Å². The minimum absolute atomic E-state index is 0.0526. The summed E-state index contributed by atoms with van der Waals surface area (Å²) in [5.74, 6) is 0.389. The zero-order valence-electron chi connectivity index (χ0n) is 12.9. The topological polar surface area (TPSA) is 96.7 Å². The van der Waals surface area contributed by atoms with Crippen LogP contribution in [-0.4, -0.2) is 39.8 Å². The lowest BCUT2D eigenvalue weighted by molar-refractivity contribution is -0.118. The number of aromatic nitrogens is 2. The van der Waals surface area contributed by atoms with Crippen LogP contribution < -0.4 is 10.2 Å². The molecule has 0 fully saturated rings. The maximum atomic E-state index is 11.8. The highest BCUT2D eigenvalue weighted by Gasteiger charge is 2.08. The molecule has 122 valence electrons. The van der Waals surface area contributed by atoms with E-state index in [1.54, 1.807) is 19.1 Å². The van der Waals surface area contributed by atoms with Gasteiger partial charge in [0.1, 0.15) is 5.01 Å². The molecule has 0 aliphatic rings. The largest absolute Gasteiger partial charge is 0.504 e. The fourth-order valence-electron chi connectivity index (χ4n) is 1.61. The number of hydrazone groups is 1. The summed E-state index contributed by atoms with van der Waals surface area (Å²) in [5, 5.41) is 22.3. The van der Waals surface area contributed by atoms with Crippen molar-refractivity contribution in [3.8, 4) is 11.5 Å². The third kappa shape index (κ3) is 4.93. The van der Waals surface area contributed by atoms with E-state index in [-0.39, 0.29) is 17.4 Å². The first-order valence-corrected chi connectivity index (χ1v) is 8.43. The number of thioether (sulfide) groups is 1. The minimum Gasteiger partial charge on any atom is -0.504 e. The third-order valence-corrected chi connectivity index (χ3v) is 4.75. The van der Waals surface area contributed by atoms with Gasteiger partial charge < -0.3 is 9.84 Å². The van der Waals surface area contributed by atoms with E-state index in [4.69, 9.17) is 4.74 Å². The maximum Gasteiger partial charge on any atom is 0.250 e. The summed E-state index contributed by atoms with van der Waals surface area (Å²) in [7, 11) is 1.47. The van der Waals surface area contributed by atoms with Crippen molar-refractivity contribution in [2.75, 3.05) is 12.9 Å². The fraction of sp³-hybridized carbons (Fsp3) is 0.286. The monoisotopic (exact) mass is 352 g/mol. The van der Waals surface area contributed by atoms with Crippen molar-refractivity contribution >= 4 is 34.7 Å². The molecule has 2 rings (SSSR count). The zero-order valence-corrected chi connectivity index (χ0v) is 14.5. The summed E-state index contributed by atoms with van der Waals surface area (Å²) in [5.41, 5.74) is 3.84. The number of carbonyl (C=O) groups is 1. The van der Waals surface area contributed by atoms with Crippen LogP contribution in [0.1, 0.15) is 17.5 Å². The summed E-state index contributed by atoms with van der Waals surface area (Å²) in [6, 6.07) is 4.86. The smallest absolute Gasteiger partial charge is 0.250 e. The average Bonchev–Trinajstić information content (AvgIpc) is 2.96. The molecule has 0 bridgehead atoms. The number of phenols is 1. The number of ether oxygens (including phenoxy) is 1. The number of phenolic OH excluding ortho intramolecular Hbond substituents is 1. The van der Waals surface area contributed by atoms with Gasteiger partial charge in [0.15, 0.2) is 15.8 Å². The third-order valence-electron chi connectivity index (χ3n) is 2.78. The van der Waals surface area contributed by atoms with Gasteiger partial charge in [0.05, 0.1) is 18.6 Å². The molecule has 0 aliphatic heterocycles. The number of benzene rings is 1. The highest BCUT2D eigenvalue weighted by atomic mass is 32.2. The molecule has 0 spiro atoms. The van der Waals surface area contributed by atoms with Gasteiger partial charge in [-0.05, 0) is 32.0 Å². The second kappa shape index (κ2) is 7.93. The molecule has 2 aromatic rings. The van der Waals surface area contributed by atoms with E-state index in [0.717, 1.165) is 14.9 Å². The summed E-state index contributed by atoms with van der Waals surface area (Å²) in [6.07, 6.45) is 0. The van der Waals surface area contributed by atoms with Gasteiger partial charge in [0.25, 0.3) is 5.91 Å². The van der Waals surface area contributed by atoms with Crippen molar-refractivity contribution < 1.29 is 14.6 Å². The van der Waals surface area contributed by atoms with Crippen LogP contribution in [0.15, 0.2) is 27.6 Å². The molecule has 1 aromatic heterocycles. The molecule has 0 saturated carbocycles. The molecule has 0 aliphatic carbocycles. The zero-order chi connectivity index (χ0) is 16.8. The predicted molar refractivity (Wildman–Crippen MR) is 90.4 cm³/mol.